The number of nitrogens with zero attached hydrogens (tertiary/aromatic N) is 4. The van der Waals surface area contributed by atoms with E-state index in [4.69, 9.17) is 11.6 Å². The number of hydrogen-bond donors (Lipinski definition) is 1. The molecule has 1 saturated heterocycles. The van der Waals surface area contributed by atoms with Crippen molar-refractivity contribution in [2.24, 2.45) is 0 Å². The number of amides is 1. The van der Waals surface area contributed by atoms with Crippen molar-refractivity contribution in [3.05, 3.63) is 76.7 Å². The summed E-state index contributed by atoms with van der Waals surface area (Å²) in [4.78, 5) is 28.1. The van der Waals surface area contributed by atoms with Crippen molar-refractivity contribution < 1.29 is 4.79 Å². The van der Waals surface area contributed by atoms with Crippen LogP contribution < -0.4 is 5.32 Å². The Morgan fingerprint density at radius 3 is 2.72 bits per heavy atom. The number of aromatic nitrogens is 3. The Labute approximate surface area is 175 Å². The van der Waals surface area contributed by atoms with E-state index in [2.05, 4.69) is 20.3 Å². The van der Waals surface area contributed by atoms with Crippen LogP contribution in [0.25, 0.3) is 0 Å². The number of pyridine rings is 1. The summed E-state index contributed by atoms with van der Waals surface area (Å²) in [6.45, 7) is 3.39. The maximum Gasteiger partial charge on any atom is 0.253 e. The second kappa shape index (κ2) is 8.57. The first-order valence-electron chi connectivity index (χ1n) is 9.66. The lowest BCUT2D eigenvalue weighted by molar-refractivity contribution is 0.0706. The highest BCUT2D eigenvalue weighted by Gasteiger charge is 2.26. The third-order valence-corrected chi connectivity index (χ3v) is 5.30. The quantitative estimate of drug-likeness (QED) is 0.684. The van der Waals surface area contributed by atoms with E-state index < -0.39 is 0 Å². The summed E-state index contributed by atoms with van der Waals surface area (Å²) in [5, 5.41) is 3.78. The highest BCUT2D eigenvalue weighted by molar-refractivity contribution is 6.30. The van der Waals surface area contributed by atoms with E-state index >= 15 is 0 Å². The van der Waals surface area contributed by atoms with Crippen molar-refractivity contribution in [2.75, 3.05) is 18.4 Å². The summed E-state index contributed by atoms with van der Waals surface area (Å²) in [5.74, 6) is 1.42. The molecule has 1 aromatic carbocycles. The molecule has 0 radical (unpaired) electrons. The maximum absolute atomic E-state index is 12.9. The second-order valence-corrected chi connectivity index (χ2v) is 7.68. The van der Waals surface area contributed by atoms with Crippen LogP contribution in [0.4, 0.5) is 11.8 Å². The average Bonchev–Trinajstić information content (AvgIpc) is 2.76. The van der Waals surface area contributed by atoms with Crippen LogP contribution in [0.5, 0.6) is 0 Å². The zero-order valence-corrected chi connectivity index (χ0v) is 16.9. The minimum Gasteiger partial charge on any atom is -0.338 e. The van der Waals surface area contributed by atoms with Gasteiger partial charge in [-0.15, -0.1) is 0 Å². The van der Waals surface area contributed by atoms with E-state index in [9.17, 15) is 4.79 Å². The van der Waals surface area contributed by atoms with Crippen LogP contribution in [-0.4, -0.2) is 38.8 Å². The number of carbonyl (C=O) groups excluding carboxylic acids is 1. The first kappa shape index (κ1) is 19.3. The van der Waals surface area contributed by atoms with Gasteiger partial charge in [0.1, 0.15) is 5.82 Å². The van der Waals surface area contributed by atoms with Gasteiger partial charge in [0.2, 0.25) is 5.95 Å². The predicted molar refractivity (Wildman–Crippen MR) is 114 cm³/mol. The molecule has 1 fully saturated rings. The molecule has 3 heterocycles. The van der Waals surface area contributed by atoms with Gasteiger partial charge in [0.05, 0.1) is 5.69 Å². The van der Waals surface area contributed by atoms with E-state index in [-0.39, 0.29) is 11.8 Å². The SMILES string of the molecule is Cc1ccc(Nc2nccc([C@H]3CCCN(C(=O)c4ccc(Cl)cc4)C3)n2)nc1. The van der Waals surface area contributed by atoms with Gasteiger partial charge in [0.15, 0.2) is 0 Å². The first-order chi connectivity index (χ1) is 14.1. The lowest BCUT2D eigenvalue weighted by Gasteiger charge is -2.32. The molecule has 3 aromatic rings. The van der Waals surface area contributed by atoms with Gasteiger partial charge in [-0.25, -0.2) is 15.0 Å². The minimum absolute atomic E-state index is 0.0302. The normalized spacial score (nSPS) is 16.5. The van der Waals surface area contributed by atoms with Gasteiger partial charge in [0, 0.05) is 42.0 Å². The predicted octanol–water partition coefficient (Wildman–Crippen LogP) is 4.60. The van der Waals surface area contributed by atoms with Crippen LogP contribution >= 0.6 is 11.6 Å². The van der Waals surface area contributed by atoms with Crippen LogP contribution in [0.3, 0.4) is 0 Å². The number of nitrogens with one attached hydrogen (secondary N) is 1. The molecule has 7 heteroatoms. The molecule has 1 amide bonds. The van der Waals surface area contributed by atoms with Crippen molar-refractivity contribution in [3.63, 3.8) is 0 Å². The number of carbonyl (C=O) groups is 1. The average molecular weight is 408 g/mol. The highest BCUT2D eigenvalue weighted by atomic mass is 35.5. The van der Waals surface area contributed by atoms with Gasteiger partial charge in [0.25, 0.3) is 5.91 Å². The Balaban J connectivity index is 1.47. The fourth-order valence-electron chi connectivity index (χ4n) is 3.49. The Kier molecular flexibility index (Phi) is 5.71. The van der Waals surface area contributed by atoms with Gasteiger partial charge in [-0.2, -0.15) is 0 Å². The molecule has 2 aromatic heterocycles. The fourth-order valence-corrected chi connectivity index (χ4v) is 3.62. The number of halogens is 1. The molecule has 0 aliphatic carbocycles. The van der Waals surface area contributed by atoms with E-state index in [0.717, 1.165) is 30.6 Å². The highest BCUT2D eigenvalue weighted by Crippen LogP contribution is 2.27. The molecule has 1 aliphatic heterocycles. The van der Waals surface area contributed by atoms with Gasteiger partial charge in [-0.05, 0) is 61.7 Å². The zero-order valence-electron chi connectivity index (χ0n) is 16.2. The minimum atomic E-state index is 0.0302. The third kappa shape index (κ3) is 4.71. The van der Waals surface area contributed by atoms with Gasteiger partial charge >= 0.3 is 0 Å². The van der Waals surface area contributed by atoms with Crippen molar-refractivity contribution in [1.82, 2.24) is 19.9 Å². The Bertz CT molecular complexity index is 991. The third-order valence-electron chi connectivity index (χ3n) is 5.05. The summed E-state index contributed by atoms with van der Waals surface area (Å²) in [6.07, 6.45) is 5.48. The van der Waals surface area contributed by atoms with E-state index in [1.807, 2.05) is 30.0 Å². The van der Waals surface area contributed by atoms with E-state index in [1.165, 1.54) is 0 Å². The molecule has 0 bridgehead atoms. The zero-order chi connectivity index (χ0) is 20.2. The first-order valence-corrected chi connectivity index (χ1v) is 10.0. The van der Waals surface area contributed by atoms with Gasteiger partial charge in [-0.3, -0.25) is 4.79 Å². The number of likely N-dealkylation sites (tertiary alicyclic amines) is 1. The Hall–Kier alpha value is -2.99. The Morgan fingerprint density at radius 2 is 1.97 bits per heavy atom. The van der Waals surface area contributed by atoms with Crippen molar-refractivity contribution in [3.8, 4) is 0 Å². The topological polar surface area (TPSA) is 71.0 Å². The van der Waals surface area contributed by atoms with Crippen LogP contribution in [0, 0.1) is 6.92 Å². The number of piperidine rings is 1. The molecule has 0 unspecified atom stereocenters. The van der Waals surface area contributed by atoms with Crippen molar-refractivity contribution in [2.45, 2.75) is 25.7 Å². The lowest BCUT2D eigenvalue weighted by atomic mass is 9.94. The number of anilines is 2. The van der Waals surface area contributed by atoms with Crippen LogP contribution in [-0.2, 0) is 0 Å². The van der Waals surface area contributed by atoms with Crippen LogP contribution in [0.1, 0.15) is 40.4 Å². The molecular weight excluding hydrogens is 386 g/mol. The number of benzene rings is 1. The lowest BCUT2D eigenvalue weighted by Crippen LogP contribution is -2.39. The Morgan fingerprint density at radius 1 is 1.14 bits per heavy atom. The number of aryl methyl sites for hydroxylation is 1. The number of hydrogen-bond acceptors (Lipinski definition) is 5. The summed E-state index contributed by atoms with van der Waals surface area (Å²) >= 11 is 5.94. The molecule has 29 heavy (non-hydrogen) atoms. The molecule has 4 rings (SSSR count). The molecule has 1 aliphatic rings. The van der Waals surface area contributed by atoms with Crippen molar-refractivity contribution >= 4 is 29.3 Å². The molecule has 1 atom stereocenters. The molecular formula is C22H22ClN5O. The number of rotatable bonds is 4. The van der Waals surface area contributed by atoms with Crippen LogP contribution in [0.15, 0.2) is 54.9 Å². The van der Waals surface area contributed by atoms with Gasteiger partial charge < -0.3 is 10.2 Å². The summed E-state index contributed by atoms with van der Waals surface area (Å²) in [7, 11) is 0. The summed E-state index contributed by atoms with van der Waals surface area (Å²) < 4.78 is 0. The summed E-state index contributed by atoms with van der Waals surface area (Å²) in [5.41, 5.74) is 2.69. The smallest absolute Gasteiger partial charge is 0.253 e. The van der Waals surface area contributed by atoms with E-state index in [1.54, 1.807) is 36.7 Å². The largest absolute Gasteiger partial charge is 0.338 e. The molecule has 0 saturated carbocycles. The molecule has 6 nitrogen and oxygen atoms in total. The molecule has 148 valence electrons. The van der Waals surface area contributed by atoms with Gasteiger partial charge in [-0.1, -0.05) is 17.7 Å². The van der Waals surface area contributed by atoms with E-state index in [0.29, 0.717) is 28.9 Å². The maximum atomic E-state index is 12.9. The summed E-state index contributed by atoms with van der Waals surface area (Å²) in [6, 6.07) is 12.9. The molecule has 1 N–H and O–H groups in total. The second-order valence-electron chi connectivity index (χ2n) is 7.25. The van der Waals surface area contributed by atoms with Crippen molar-refractivity contribution in [1.29, 1.82) is 0 Å². The van der Waals surface area contributed by atoms with Crippen LogP contribution in [0.2, 0.25) is 5.02 Å². The monoisotopic (exact) mass is 407 g/mol. The molecule has 0 spiro atoms. The standard InChI is InChI=1S/C22H22ClN5O/c1-15-4-9-20(25-13-15)27-22-24-11-10-19(26-22)17-3-2-12-28(14-17)21(29)16-5-7-18(23)8-6-16/h4-11,13,17H,2-3,12,14H2,1H3,(H,24,25,26,27)/t17-/m0/s1. The fraction of sp³-hybridized carbons (Fsp3) is 0.273.